The fourth-order valence-electron chi connectivity index (χ4n) is 8.58. The van der Waals surface area contributed by atoms with E-state index in [0.29, 0.717) is 19.3 Å². The van der Waals surface area contributed by atoms with Gasteiger partial charge in [0.15, 0.2) is 17.9 Å². The molecular formula is C51H76F8N2O9. The third-order valence-electron chi connectivity index (χ3n) is 12.8. The SMILES string of the molecule is CCCCCCCCCCCCCC[C@@H](O)[C@@H](O)[C@H](CO[C@H]1O[C@H](CNC(=O)Cc2ccc(C(F)(F)F)c(C(F)(F)F)c2)[C@H](O)[C@H](O)[C@H]1O)NC(=O)CCCCCCCCCCc1ccc(F)c(F)c1. The van der Waals surface area contributed by atoms with Crippen molar-refractivity contribution in [3.8, 4) is 0 Å². The van der Waals surface area contributed by atoms with Crippen molar-refractivity contribution in [1.82, 2.24) is 10.6 Å². The average molecular weight is 1010 g/mol. The molecule has 0 radical (unpaired) electrons. The van der Waals surface area contributed by atoms with Gasteiger partial charge in [0.2, 0.25) is 11.8 Å². The van der Waals surface area contributed by atoms with Crippen LogP contribution < -0.4 is 10.6 Å². The van der Waals surface area contributed by atoms with Crippen LogP contribution in [-0.4, -0.2) is 99.5 Å². The predicted octanol–water partition coefficient (Wildman–Crippen LogP) is 9.54. The van der Waals surface area contributed by atoms with Crippen molar-refractivity contribution in [2.45, 2.75) is 222 Å². The summed E-state index contributed by atoms with van der Waals surface area (Å²) < 4.78 is 118. The van der Waals surface area contributed by atoms with Crippen LogP contribution in [0.4, 0.5) is 35.1 Å². The summed E-state index contributed by atoms with van der Waals surface area (Å²) in [5.41, 5.74) is -3.53. The van der Waals surface area contributed by atoms with E-state index in [-0.39, 0.29) is 25.0 Å². The highest BCUT2D eigenvalue weighted by molar-refractivity contribution is 5.78. The summed E-state index contributed by atoms with van der Waals surface area (Å²) in [6.07, 6.45) is -2.12. The molecule has 1 aliphatic heterocycles. The van der Waals surface area contributed by atoms with Gasteiger partial charge >= 0.3 is 12.4 Å². The molecule has 8 atom stereocenters. The Morgan fingerprint density at radius 3 is 1.76 bits per heavy atom. The van der Waals surface area contributed by atoms with Crippen LogP contribution >= 0.6 is 0 Å². The van der Waals surface area contributed by atoms with Gasteiger partial charge in [-0.25, -0.2) is 8.78 Å². The highest BCUT2D eigenvalue weighted by Crippen LogP contribution is 2.40. The van der Waals surface area contributed by atoms with Crippen LogP contribution in [-0.2, 0) is 44.3 Å². The number of aliphatic hydroxyl groups excluding tert-OH is 5. The maximum Gasteiger partial charge on any atom is 0.417 e. The van der Waals surface area contributed by atoms with Gasteiger partial charge in [-0.1, -0.05) is 135 Å². The zero-order chi connectivity index (χ0) is 51.7. The number of hydrogen-bond donors (Lipinski definition) is 7. The quantitative estimate of drug-likeness (QED) is 0.0266. The second-order valence-corrected chi connectivity index (χ2v) is 18.7. The van der Waals surface area contributed by atoms with Crippen LogP contribution in [0.1, 0.15) is 170 Å². The Hall–Kier alpha value is -3.46. The molecule has 7 N–H and O–H groups in total. The summed E-state index contributed by atoms with van der Waals surface area (Å²) in [4.78, 5) is 25.9. The first-order chi connectivity index (χ1) is 33.2. The van der Waals surface area contributed by atoms with Gasteiger partial charge in [-0.15, -0.1) is 0 Å². The number of ether oxygens (including phenoxy) is 2. The lowest BCUT2D eigenvalue weighted by Crippen LogP contribution is -2.61. The second-order valence-electron chi connectivity index (χ2n) is 18.7. The molecule has 19 heteroatoms. The number of carbonyl (C=O) groups is 2. The highest BCUT2D eigenvalue weighted by atomic mass is 19.4. The van der Waals surface area contributed by atoms with Crippen LogP contribution in [0.5, 0.6) is 0 Å². The number of aryl methyl sites for hydroxylation is 1. The number of alkyl halides is 6. The van der Waals surface area contributed by atoms with E-state index in [1.54, 1.807) is 6.07 Å². The molecule has 0 aromatic heterocycles. The number of rotatable bonds is 34. The van der Waals surface area contributed by atoms with Crippen molar-refractivity contribution in [2.75, 3.05) is 13.2 Å². The molecule has 400 valence electrons. The van der Waals surface area contributed by atoms with Crippen LogP contribution in [0.3, 0.4) is 0 Å². The second kappa shape index (κ2) is 31.9. The van der Waals surface area contributed by atoms with E-state index in [0.717, 1.165) is 88.3 Å². The maximum atomic E-state index is 13.5. The molecule has 0 spiro atoms. The molecule has 70 heavy (non-hydrogen) atoms. The number of benzene rings is 2. The van der Waals surface area contributed by atoms with Gasteiger partial charge in [0, 0.05) is 13.0 Å². The lowest BCUT2D eigenvalue weighted by molar-refractivity contribution is -0.297. The molecule has 1 aliphatic rings. The van der Waals surface area contributed by atoms with Gasteiger partial charge in [0.25, 0.3) is 0 Å². The normalized spacial score (nSPS) is 20.0. The fourth-order valence-corrected chi connectivity index (χ4v) is 8.58. The van der Waals surface area contributed by atoms with Crippen molar-refractivity contribution in [1.29, 1.82) is 0 Å². The zero-order valence-corrected chi connectivity index (χ0v) is 40.4. The minimum atomic E-state index is -5.37. The maximum absolute atomic E-state index is 13.5. The largest absolute Gasteiger partial charge is 0.417 e. The van der Waals surface area contributed by atoms with Crippen molar-refractivity contribution >= 4 is 11.8 Å². The molecule has 0 aliphatic carbocycles. The summed E-state index contributed by atoms with van der Waals surface area (Å²) in [6.45, 7) is 1.06. The van der Waals surface area contributed by atoms with E-state index >= 15 is 0 Å². The Morgan fingerprint density at radius 1 is 0.643 bits per heavy atom. The van der Waals surface area contributed by atoms with Crippen molar-refractivity contribution in [2.24, 2.45) is 0 Å². The number of hydrogen-bond acceptors (Lipinski definition) is 9. The summed E-state index contributed by atoms with van der Waals surface area (Å²) in [7, 11) is 0. The van der Waals surface area contributed by atoms with Crippen molar-refractivity contribution in [3.63, 3.8) is 0 Å². The minimum Gasteiger partial charge on any atom is -0.390 e. The molecule has 1 saturated heterocycles. The third kappa shape index (κ3) is 22.5. The van der Waals surface area contributed by atoms with Crippen molar-refractivity contribution < 1.29 is 79.7 Å². The van der Waals surface area contributed by atoms with Gasteiger partial charge in [-0.2, -0.15) is 26.3 Å². The highest BCUT2D eigenvalue weighted by Gasteiger charge is 2.46. The number of amides is 2. The number of aliphatic hydroxyl groups is 5. The van der Waals surface area contributed by atoms with Gasteiger partial charge in [0.1, 0.15) is 30.5 Å². The zero-order valence-electron chi connectivity index (χ0n) is 40.4. The lowest BCUT2D eigenvalue weighted by Gasteiger charge is -2.41. The Kier molecular flexibility index (Phi) is 27.7. The first kappa shape index (κ1) is 60.8. The van der Waals surface area contributed by atoms with E-state index in [2.05, 4.69) is 17.6 Å². The average Bonchev–Trinajstić information content (AvgIpc) is 3.30. The molecule has 0 bridgehead atoms. The summed E-state index contributed by atoms with van der Waals surface area (Å²) in [5, 5.41) is 59.4. The smallest absolute Gasteiger partial charge is 0.390 e. The topological polar surface area (TPSA) is 178 Å². The first-order valence-electron chi connectivity index (χ1n) is 25.2. The van der Waals surface area contributed by atoms with Gasteiger partial charge in [0.05, 0.1) is 36.3 Å². The third-order valence-corrected chi connectivity index (χ3v) is 12.8. The molecule has 1 fully saturated rings. The van der Waals surface area contributed by atoms with Gasteiger partial charge < -0.3 is 45.6 Å². The van der Waals surface area contributed by atoms with Crippen LogP contribution in [0.25, 0.3) is 0 Å². The Labute approximate surface area is 407 Å². The van der Waals surface area contributed by atoms with Crippen LogP contribution in [0.2, 0.25) is 0 Å². The molecule has 0 unspecified atom stereocenters. The molecule has 1 heterocycles. The van der Waals surface area contributed by atoms with Crippen LogP contribution in [0.15, 0.2) is 36.4 Å². The fraction of sp³-hybridized carbons (Fsp3) is 0.725. The van der Waals surface area contributed by atoms with Crippen LogP contribution in [0, 0.1) is 11.6 Å². The van der Waals surface area contributed by atoms with E-state index in [4.69, 9.17) is 9.47 Å². The predicted molar refractivity (Wildman–Crippen MR) is 247 cm³/mol. The molecule has 2 aromatic rings. The molecule has 0 saturated carbocycles. The monoisotopic (exact) mass is 1010 g/mol. The Bertz CT molecular complexity index is 1810. The van der Waals surface area contributed by atoms with E-state index < -0.39 is 121 Å². The van der Waals surface area contributed by atoms with E-state index in [1.807, 2.05) is 0 Å². The standard InChI is InChI=1S/C51H76F8N2O9/c1-2-3-4-5-6-7-8-9-10-14-17-20-23-41(62)45(65)40(61-43(63)24-21-18-15-12-11-13-16-19-22-34-26-28-38(52)39(53)30-34)33-69-49-48(68)47(67)46(66)42(70-49)32-60-44(64)31-35-25-27-36(50(54,55)56)37(29-35)51(57,58)59/h25-30,40-42,45-49,62,65-68H,2-24,31-33H2,1H3,(H,60,64)(H,61,63)/t40-,41+,42+,45-,46-,47-,48+,49-/m0/s1. The summed E-state index contributed by atoms with van der Waals surface area (Å²) >= 11 is 0. The molecule has 11 nitrogen and oxygen atoms in total. The summed E-state index contributed by atoms with van der Waals surface area (Å²) in [5.74, 6) is -3.14. The van der Waals surface area contributed by atoms with E-state index in [9.17, 15) is 70.2 Å². The van der Waals surface area contributed by atoms with Crippen molar-refractivity contribution in [3.05, 3.63) is 70.3 Å². The molecular weight excluding hydrogens is 937 g/mol. The molecule has 3 rings (SSSR count). The number of unbranched alkanes of at least 4 members (excludes halogenated alkanes) is 18. The molecule has 2 aromatic carbocycles. The lowest BCUT2D eigenvalue weighted by atomic mass is 9.98. The van der Waals surface area contributed by atoms with E-state index in [1.165, 1.54) is 51.0 Å². The number of nitrogens with one attached hydrogen (secondary N) is 2. The number of halogens is 8. The Morgan fingerprint density at radius 2 is 1.19 bits per heavy atom. The Balaban J connectivity index is 1.52. The minimum absolute atomic E-state index is 0.0888. The first-order valence-corrected chi connectivity index (χ1v) is 25.2. The number of carbonyl (C=O) groups excluding carboxylic acids is 2. The molecule has 2 amide bonds. The van der Waals surface area contributed by atoms with Gasteiger partial charge in [-0.05, 0) is 61.1 Å². The summed E-state index contributed by atoms with van der Waals surface area (Å²) in [6, 6.07) is 3.86. The van der Waals surface area contributed by atoms with Gasteiger partial charge in [-0.3, -0.25) is 9.59 Å².